The van der Waals surface area contributed by atoms with E-state index in [1.54, 1.807) is 20.1 Å². The molecule has 12 heteroatoms. The lowest BCUT2D eigenvalue weighted by Gasteiger charge is -2.32. The fourth-order valence-electron chi connectivity index (χ4n) is 5.04. The first-order valence-electron chi connectivity index (χ1n) is 12.8. The number of fused-ring (bicyclic) bond motifs is 2. The largest absolute Gasteiger partial charge is 0.478 e. The zero-order valence-electron chi connectivity index (χ0n) is 21.7. The van der Waals surface area contributed by atoms with Crippen molar-refractivity contribution >= 4 is 34.5 Å². The van der Waals surface area contributed by atoms with E-state index in [2.05, 4.69) is 32.1 Å². The van der Waals surface area contributed by atoms with Gasteiger partial charge >= 0.3 is 5.97 Å². The van der Waals surface area contributed by atoms with Crippen LogP contribution >= 0.6 is 0 Å². The number of aryl methyl sites for hydroxylation is 1. The number of anilines is 2. The van der Waals surface area contributed by atoms with Crippen molar-refractivity contribution in [1.29, 1.82) is 0 Å². The molecule has 0 atom stereocenters. The summed E-state index contributed by atoms with van der Waals surface area (Å²) >= 11 is 0. The van der Waals surface area contributed by atoms with Crippen molar-refractivity contribution < 1.29 is 19.4 Å². The normalized spacial score (nSPS) is 14.0. The lowest BCUT2D eigenvalue weighted by atomic mass is 9.89. The van der Waals surface area contributed by atoms with Gasteiger partial charge in [0.25, 0.3) is 5.91 Å². The quantitative estimate of drug-likeness (QED) is 0.179. The van der Waals surface area contributed by atoms with Crippen molar-refractivity contribution in [3.63, 3.8) is 0 Å². The Morgan fingerprint density at radius 2 is 1.77 bits per heavy atom. The number of hydrogen-bond acceptors (Lipinski definition) is 8. The van der Waals surface area contributed by atoms with Crippen molar-refractivity contribution in [2.45, 2.75) is 25.7 Å². The van der Waals surface area contributed by atoms with Gasteiger partial charge in [-0.25, -0.2) is 23.8 Å². The molecule has 1 aromatic carbocycles. The molecule has 12 nitrogen and oxygen atoms in total. The van der Waals surface area contributed by atoms with Crippen molar-refractivity contribution in [2.24, 2.45) is 0 Å². The molecule has 202 valence electrons. The van der Waals surface area contributed by atoms with Crippen LogP contribution in [0.1, 0.15) is 29.9 Å². The second kappa shape index (κ2) is 10.1. The first-order chi connectivity index (χ1) is 19.4. The first kappa shape index (κ1) is 25.0. The number of carboxylic acids is 1. The van der Waals surface area contributed by atoms with Crippen LogP contribution in [-0.4, -0.2) is 64.2 Å². The highest BCUT2D eigenvalue weighted by Gasteiger charge is 2.29. The van der Waals surface area contributed by atoms with Crippen LogP contribution in [0.25, 0.3) is 11.2 Å². The minimum Gasteiger partial charge on any atom is -0.478 e. The van der Waals surface area contributed by atoms with Gasteiger partial charge in [0.1, 0.15) is 35.2 Å². The van der Waals surface area contributed by atoms with E-state index in [1.807, 2.05) is 49.5 Å². The number of amides is 1. The Hall–Kier alpha value is -5.26. The SMILES string of the molecule is C=C(C(=O)O)C(=O)N1CCC(c2ccn3ncnc(Nc4ccc(Oc5ccn6ncnc6c5)c(C)c4)c23)CC1. The number of nitrogens with zero attached hydrogens (tertiary/aromatic N) is 7. The van der Waals surface area contributed by atoms with Gasteiger partial charge in [-0.15, -0.1) is 0 Å². The third-order valence-corrected chi connectivity index (χ3v) is 7.14. The van der Waals surface area contributed by atoms with Gasteiger partial charge in [0.2, 0.25) is 0 Å². The summed E-state index contributed by atoms with van der Waals surface area (Å²) in [6, 6.07) is 11.5. The molecule has 1 saturated heterocycles. The maximum absolute atomic E-state index is 12.4. The molecule has 0 saturated carbocycles. The van der Waals surface area contributed by atoms with Crippen LogP contribution in [0.4, 0.5) is 11.5 Å². The minimum atomic E-state index is -1.29. The molecule has 6 rings (SSSR count). The second-order valence-corrected chi connectivity index (χ2v) is 9.66. The molecule has 0 radical (unpaired) electrons. The fourth-order valence-corrected chi connectivity index (χ4v) is 5.04. The maximum Gasteiger partial charge on any atom is 0.340 e. The van der Waals surface area contributed by atoms with Crippen LogP contribution < -0.4 is 10.1 Å². The third-order valence-electron chi connectivity index (χ3n) is 7.14. The molecule has 0 aliphatic carbocycles. The van der Waals surface area contributed by atoms with Crippen molar-refractivity contribution in [3.8, 4) is 11.5 Å². The van der Waals surface area contributed by atoms with Crippen LogP contribution in [-0.2, 0) is 9.59 Å². The monoisotopic (exact) mass is 538 g/mol. The number of aliphatic carboxylic acids is 1. The van der Waals surface area contributed by atoms with E-state index in [9.17, 15) is 9.59 Å². The zero-order valence-corrected chi connectivity index (χ0v) is 21.7. The van der Waals surface area contributed by atoms with Gasteiger partial charge in [-0.2, -0.15) is 10.2 Å². The molecule has 1 amide bonds. The standard InChI is InChI=1S/C28H26N8O4/c1-17-13-20(3-4-23(17)40-21-7-11-35-24(14-21)29-15-31-35)33-26-25-22(8-12-36(25)32-16-30-26)19-5-9-34(10-6-19)27(37)18(2)28(38)39/h3-4,7-8,11-16,19H,2,5-6,9-10H2,1H3,(H,38,39)(H,30,32,33). The summed E-state index contributed by atoms with van der Waals surface area (Å²) in [7, 11) is 0. The van der Waals surface area contributed by atoms with E-state index < -0.39 is 17.4 Å². The topological polar surface area (TPSA) is 139 Å². The van der Waals surface area contributed by atoms with Crippen LogP contribution in [0.3, 0.4) is 0 Å². The Bertz CT molecular complexity index is 1770. The molecule has 4 aromatic heterocycles. The summed E-state index contributed by atoms with van der Waals surface area (Å²) in [4.78, 5) is 33.8. The highest BCUT2D eigenvalue weighted by molar-refractivity contribution is 6.15. The number of nitrogens with one attached hydrogen (secondary N) is 1. The molecule has 0 bridgehead atoms. The molecule has 5 aromatic rings. The summed E-state index contributed by atoms with van der Waals surface area (Å²) in [5.41, 5.74) is 4.02. The van der Waals surface area contributed by atoms with Gasteiger partial charge in [0.15, 0.2) is 11.5 Å². The number of benzene rings is 1. The minimum absolute atomic E-state index is 0.166. The van der Waals surface area contributed by atoms with Crippen LogP contribution in [0.15, 0.2) is 73.6 Å². The van der Waals surface area contributed by atoms with Gasteiger partial charge in [-0.3, -0.25) is 4.79 Å². The summed E-state index contributed by atoms with van der Waals surface area (Å²) < 4.78 is 9.56. The third kappa shape index (κ3) is 4.70. The highest BCUT2D eigenvalue weighted by Crippen LogP contribution is 2.35. The number of carbonyl (C=O) groups excluding carboxylic acids is 1. The molecular formula is C28H26N8O4. The van der Waals surface area contributed by atoms with Gasteiger partial charge in [0, 0.05) is 37.2 Å². The molecular weight excluding hydrogens is 512 g/mol. The van der Waals surface area contributed by atoms with Gasteiger partial charge in [0.05, 0.1) is 0 Å². The van der Waals surface area contributed by atoms with E-state index in [1.165, 1.54) is 12.7 Å². The number of carbonyl (C=O) groups is 2. The summed E-state index contributed by atoms with van der Waals surface area (Å²) in [6.45, 7) is 6.28. The number of piperidine rings is 1. The zero-order chi connectivity index (χ0) is 27.8. The summed E-state index contributed by atoms with van der Waals surface area (Å²) in [6.07, 6.45) is 8.08. The average molecular weight is 539 g/mol. The number of hydrogen-bond donors (Lipinski definition) is 2. The van der Waals surface area contributed by atoms with E-state index >= 15 is 0 Å². The smallest absolute Gasteiger partial charge is 0.340 e. The Kier molecular flexibility index (Phi) is 6.34. The Balaban J connectivity index is 1.19. The number of rotatable bonds is 7. The lowest BCUT2D eigenvalue weighted by Crippen LogP contribution is -2.39. The number of likely N-dealkylation sites (tertiary alicyclic amines) is 1. The molecule has 0 spiro atoms. The van der Waals surface area contributed by atoms with Crippen molar-refractivity contribution in [2.75, 3.05) is 18.4 Å². The Labute approximate surface area is 228 Å². The fraction of sp³-hybridized carbons (Fsp3) is 0.214. The Morgan fingerprint density at radius 1 is 1.02 bits per heavy atom. The molecule has 1 fully saturated rings. The second-order valence-electron chi connectivity index (χ2n) is 9.66. The number of aromatic nitrogens is 6. The molecule has 5 heterocycles. The predicted molar refractivity (Wildman–Crippen MR) is 146 cm³/mol. The van der Waals surface area contributed by atoms with E-state index in [-0.39, 0.29) is 5.92 Å². The van der Waals surface area contributed by atoms with Crippen LogP contribution in [0.2, 0.25) is 0 Å². The van der Waals surface area contributed by atoms with Gasteiger partial charge in [-0.1, -0.05) is 6.58 Å². The Morgan fingerprint density at radius 3 is 2.55 bits per heavy atom. The molecule has 2 N–H and O–H groups in total. The van der Waals surface area contributed by atoms with Gasteiger partial charge < -0.3 is 20.1 Å². The summed E-state index contributed by atoms with van der Waals surface area (Å²) in [5.74, 6) is 0.399. The van der Waals surface area contributed by atoms with Crippen molar-refractivity contribution in [3.05, 3.63) is 84.7 Å². The van der Waals surface area contributed by atoms with Gasteiger partial charge in [-0.05, 0) is 67.1 Å². The van der Waals surface area contributed by atoms with Crippen LogP contribution in [0, 0.1) is 6.92 Å². The van der Waals surface area contributed by atoms with Crippen molar-refractivity contribution in [1.82, 2.24) is 34.1 Å². The highest BCUT2D eigenvalue weighted by atomic mass is 16.5. The predicted octanol–water partition coefficient (Wildman–Crippen LogP) is 3.96. The first-order valence-corrected chi connectivity index (χ1v) is 12.8. The lowest BCUT2D eigenvalue weighted by molar-refractivity contribution is -0.138. The van der Waals surface area contributed by atoms with E-state index in [0.29, 0.717) is 43.1 Å². The van der Waals surface area contributed by atoms with E-state index in [0.717, 1.165) is 28.1 Å². The van der Waals surface area contributed by atoms with E-state index in [4.69, 9.17) is 9.84 Å². The summed E-state index contributed by atoms with van der Waals surface area (Å²) in [5, 5.41) is 21.0. The number of pyridine rings is 1. The number of carboxylic acid groups (broad SMARTS) is 1. The molecule has 0 unspecified atom stereocenters. The average Bonchev–Trinajstić information content (AvgIpc) is 3.61. The molecule has 1 aliphatic rings. The molecule has 40 heavy (non-hydrogen) atoms. The number of ether oxygens (including phenoxy) is 1. The maximum atomic E-state index is 12.4. The molecule has 1 aliphatic heterocycles. The van der Waals surface area contributed by atoms with Crippen LogP contribution in [0.5, 0.6) is 11.5 Å².